The van der Waals surface area contributed by atoms with Crippen molar-refractivity contribution in [2.75, 3.05) is 27.3 Å². The SMILES string of the molecule is COc1ccc(OC)c(C2CCCN2C(=O)CNC(c2ccc(F)cc2)C(C)(C)C)c1. The van der Waals surface area contributed by atoms with E-state index >= 15 is 0 Å². The topological polar surface area (TPSA) is 50.8 Å². The number of hydrogen-bond acceptors (Lipinski definition) is 4. The van der Waals surface area contributed by atoms with Gasteiger partial charge in [-0.25, -0.2) is 4.39 Å². The molecule has 1 fully saturated rings. The van der Waals surface area contributed by atoms with Crippen LogP contribution in [0.5, 0.6) is 11.5 Å². The molecule has 31 heavy (non-hydrogen) atoms. The molecule has 1 heterocycles. The number of rotatable bonds is 7. The van der Waals surface area contributed by atoms with E-state index in [1.807, 2.05) is 23.1 Å². The zero-order valence-electron chi connectivity index (χ0n) is 19.1. The molecule has 2 aromatic carbocycles. The molecule has 2 unspecified atom stereocenters. The molecule has 0 bridgehead atoms. The molecule has 0 aromatic heterocycles. The van der Waals surface area contributed by atoms with Gasteiger partial charge in [0.15, 0.2) is 0 Å². The fraction of sp³-hybridized carbons (Fsp3) is 0.480. The van der Waals surface area contributed by atoms with Crippen molar-refractivity contribution in [1.82, 2.24) is 10.2 Å². The number of likely N-dealkylation sites (tertiary alicyclic amines) is 1. The quantitative estimate of drug-likeness (QED) is 0.683. The maximum atomic E-state index is 13.4. The zero-order chi connectivity index (χ0) is 22.6. The monoisotopic (exact) mass is 428 g/mol. The predicted octanol–water partition coefficient (Wildman–Crippen LogP) is 4.88. The number of carbonyl (C=O) groups is 1. The molecule has 1 amide bonds. The fourth-order valence-electron chi connectivity index (χ4n) is 4.36. The van der Waals surface area contributed by atoms with Gasteiger partial charge in [-0.15, -0.1) is 0 Å². The molecule has 6 heteroatoms. The number of halogens is 1. The third kappa shape index (κ3) is 5.37. The minimum Gasteiger partial charge on any atom is -0.497 e. The summed E-state index contributed by atoms with van der Waals surface area (Å²) in [6.07, 6.45) is 1.83. The van der Waals surface area contributed by atoms with Crippen LogP contribution in [0.25, 0.3) is 0 Å². The van der Waals surface area contributed by atoms with E-state index < -0.39 is 0 Å². The molecule has 1 saturated heterocycles. The number of nitrogens with zero attached hydrogens (tertiary/aromatic N) is 1. The van der Waals surface area contributed by atoms with Crippen LogP contribution in [-0.2, 0) is 4.79 Å². The highest BCUT2D eigenvalue weighted by Crippen LogP contribution is 2.39. The average molecular weight is 429 g/mol. The Labute approximate surface area is 184 Å². The normalized spacial score (nSPS) is 17.5. The van der Waals surface area contributed by atoms with Gasteiger partial charge in [0, 0.05) is 18.2 Å². The Balaban J connectivity index is 1.76. The number of ether oxygens (including phenoxy) is 2. The summed E-state index contributed by atoms with van der Waals surface area (Å²) in [7, 11) is 3.28. The Kier molecular flexibility index (Phi) is 7.21. The van der Waals surface area contributed by atoms with E-state index in [-0.39, 0.29) is 35.8 Å². The van der Waals surface area contributed by atoms with Crippen molar-refractivity contribution in [2.45, 2.75) is 45.7 Å². The third-order valence-corrected chi connectivity index (χ3v) is 5.90. The second kappa shape index (κ2) is 9.69. The Morgan fingerprint density at radius 3 is 2.48 bits per heavy atom. The number of methoxy groups -OCH3 is 2. The summed E-state index contributed by atoms with van der Waals surface area (Å²) in [6, 6.07) is 12.1. The Morgan fingerprint density at radius 1 is 1.16 bits per heavy atom. The molecule has 1 aliphatic heterocycles. The minimum absolute atomic E-state index is 0.0433. The van der Waals surface area contributed by atoms with E-state index in [2.05, 4.69) is 26.1 Å². The van der Waals surface area contributed by atoms with Gasteiger partial charge in [0.1, 0.15) is 17.3 Å². The predicted molar refractivity (Wildman–Crippen MR) is 120 cm³/mol. The van der Waals surface area contributed by atoms with E-state index in [1.165, 1.54) is 12.1 Å². The van der Waals surface area contributed by atoms with Crippen LogP contribution >= 0.6 is 0 Å². The van der Waals surface area contributed by atoms with Crippen LogP contribution in [-0.4, -0.2) is 38.1 Å². The molecule has 0 aliphatic carbocycles. The summed E-state index contributed by atoms with van der Waals surface area (Å²) in [6.45, 7) is 7.25. The smallest absolute Gasteiger partial charge is 0.237 e. The average Bonchev–Trinajstić information content (AvgIpc) is 3.23. The van der Waals surface area contributed by atoms with Crippen molar-refractivity contribution >= 4 is 5.91 Å². The molecule has 0 spiro atoms. The van der Waals surface area contributed by atoms with Crippen molar-refractivity contribution in [3.05, 3.63) is 59.4 Å². The van der Waals surface area contributed by atoms with E-state index in [4.69, 9.17) is 9.47 Å². The van der Waals surface area contributed by atoms with Crippen LogP contribution in [0.15, 0.2) is 42.5 Å². The molecule has 3 rings (SSSR count). The molecule has 2 atom stereocenters. The van der Waals surface area contributed by atoms with Crippen LogP contribution < -0.4 is 14.8 Å². The number of benzene rings is 2. The standard InChI is InChI=1S/C25H33FN2O3/c1-25(2,3)24(17-8-10-18(26)11-9-17)27-16-23(29)28-14-6-7-21(28)20-15-19(30-4)12-13-22(20)31-5/h8-13,15,21,24,27H,6-7,14,16H2,1-5H3. The summed E-state index contributed by atoms with van der Waals surface area (Å²) >= 11 is 0. The number of hydrogen-bond donors (Lipinski definition) is 1. The van der Waals surface area contributed by atoms with Crippen LogP contribution in [0, 0.1) is 11.2 Å². The molecule has 2 aromatic rings. The molecule has 0 radical (unpaired) electrons. The summed E-state index contributed by atoms with van der Waals surface area (Å²) < 4.78 is 24.3. The first kappa shape index (κ1) is 23.1. The number of amides is 1. The number of carbonyl (C=O) groups excluding carboxylic acids is 1. The van der Waals surface area contributed by atoms with E-state index in [1.54, 1.807) is 26.4 Å². The molecular weight excluding hydrogens is 395 g/mol. The van der Waals surface area contributed by atoms with Crippen molar-refractivity contribution < 1.29 is 18.7 Å². The van der Waals surface area contributed by atoms with Crippen LogP contribution in [0.4, 0.5) is 4.39 Å². The zero-order valence-corrected chi connectivity index (χ0v) is 19.1. The second-order valence-corrected chi connectivity index (χ2v) is 9.08. The Hall–Kier alpha value is -2.60. The fourth-order valence-corrected chi connectivity index (χ4v) is 4.36. The van der Waals surface area contributed by atoms with E-state index in [0.717, 1.165) is 35.5 Å². The lowest BCUT2D eigenvalue weighted by Gasteiger charge is -2.33. The second-order valence-electron chi connectivity index (χ2n) is 9.08. The highest BCUT2D eigenvalue weighted by atomic mass is 19.1. The summed E-state index contributed by atoms with van der Waals surface area (Å²) in [4.78, 5) is 15.2. The van der Waals surface area contributed by atoms with E-state index in [9.17, 15) is 9.18 Å². The molecule has 168 valence electrons. The highest BCUT2D eigenvalue weighted by molar-refractivity contribution is 5.79. The van der Waals surface area contributed by atoms with E-state index in [0.29, 0.717) is 6.54 Å². The number of nitrogens with one attached hydrogen (secondary N) is 1. The van der Waals surface area contributed by atoms with Gasteiger partial charge < -0.3 is 19.7 Å². The maximum absolute atomic E-state index is 13.4. The third-order valence-electron chi connectivity index (χ3n) is 5.90. The van der Waals surface area contributed by atoms with Crippen LogP contribution in [0.3, 0.4) is 0 Å². The molecule has 1 aliphatic rings. The van der Waals surface area contributed by atoms with Gasteiger partial charge in [-0.05, 0) is 54.2 Å². The highest BCUT2D eigenvalue weighted by Gasteiger charge is 2.33. The summed E-state index contributed by atoms with van der Waals surface area (Å²) in [5.41, 5.74) is 1.80. The summed E-state index contributed by atoms with van der Waals surface area (Å²) in [5, 5.41) is 3.43. The Bertz CT molecular complexity index is 893. The maximum Gasteiger partial charge on any atom is 0.237 e. The van der Waals surface area contributed by atoms with Gasteiger partial charge in [-0.3, -0.25) is 4.79 Å². The van der Waals surface area contributed by atoms with Gasteiger partial charge in [0.25, 0.3) is 0 Å². The summed E-state index contributed by atoms with van der Waals surface area (Å²) in [5.74, 6) is 1.29. The molecule has 1 N–H and O–H groups in total. The van der Waals surface area contributed by atoms with Crippen molar-refractivity contribution in [1.29, 1.82) is 0 Å². The minimum atomic E-state index is -0.264. The van der Waals surface area contributed by atoms with Crippen molar-refractivity contribution in [3.8, 4) is 11.5 Å². The van der Waals surface area contributed by atoms with Gasteiger partial charge >= 0.3 is 0 Å². The Morgan fingerprint density at radius 2 is 1.87 bits per heavy atom. The molecule has 0 saturated carbocycles. The van der Waals surface area contributed by atoms with Gasteiger partial charge in [-0.1, -0.05) is 32.9 Å². The first-order valence-electron chi connectivity index (χ1n) is 10.7. The lowest BCUT2D eigenvalue weighted by molar-refractivity contribution is -0.131. The first-order chi connectivity index (χ1) is 14.7. The first-order valence-corrected chi connectivity index (χ1v) is 10.7. The largest absolute Gasteiger partial charge is 0.497 e. The molecule has 5 nitrogen and oxygen atoms in total. The van der Waals surface area contributed by atoms with Crippen molar-refractivity contribution in [2.24, 2.45) is 5.41 Å². The van der Waals surface area contributed by atoms with Gasteiger partial charge in [0.2, 0.25) is 5.91 Å². The van der Waals surface area contributed by atoms with Crippen molar-refractivity contribution in [3.63, 3.8) is 0 Å². The van der Waals surface area contributed by atoms with Crippen LogP contribution in [0.1, 0.15) is 56.8 Å². The molecular formula is C25H33FN2O3. The lowest BCUT2D eigenvalue weighted by atomic mass is 9.82. The lowest BCUT2D eigenvalue weighted by Crippen LogP contribution is -2.42. The van der Waals surface area contributed by atoms with Gasteiger partial charge in [-0.2, -0.15) is 0 Å². The van der Waals surface area contributed by atoms with Gasteiger partial charge in [0.05, 0.1) is 26.8 Å². The van der Waals surface area contributed by atoms with Crippen LogP contribution in [0.2, 0.25) is 0 Å².